The third-order valence-corrected chi connectivity index (χ3v) is 7.72. The summed E-state index contributed by atoms with van der Waals surface area (Å²) in [5, 5.41) is 4.27. The third kappa shape index (κ3) is 7.44. The SMILES string of the molecule is CCCCOc1c2ccc(C=Cc3ccc(OC)cc3)cc2c(OCCCC)c2ccc(C=Cc3ccc(OC)cc3)cc12. The van der Waals surface area contributed by atoms with E-state index in [1.807, 2.05) is 24.3 Å². The fourth-order valence-corrected chi connectivity index (χ4v) is 5.16. The van der Waals surface area contributed by atoms with E-state index in [0.717, 1.165) is 92.5 Å². The van der Waals surface area contributed by atoms with Crippen LogP contribution in [0, 0.1) is 0 Å². The molecule has 0 bridgehead atoms. The number of fused-ring (bicyclic) bond motifs is 2. The maximum atomic E-state index is 6.56. The Morgan fingerprint density at radius 2 is 0.818 bits per heavy atom. The largest absolute Gasteiger partial charge is 0.497 e. The van der Waals surface area contributed by atoms with Crippen molar-refractivity contribution in [1.29, 1.82) is 0 Å². The average molecular weight is 587 g/mol. The van der Waals surface area contributed by atoms with Gasteiger partial charge >= 0.3 is 0 Å². The van der Waals surface area contributed by atoms with Crippen molar-refractivity contribution in [2.45, 2.75) is 39.5 Å². The van der Waals surface area contributed by atoms with E-state index in [-0.39, 0.29) is 0 Å². The van der Waals surface area contributed by atoms with Gasteiger partial charge in [0, 0.05) is 21.5 Å². The van der Waals surface area contributed by atoms with Crippen LogP contribution in [0.2, 0.25) is 0 Å². The van der Waals surface area contributed by atoms with Gasteiger partial charge in [-0.1, -0.05) is 87.4 Å². The molecule has 0 heterocycles. The molecule has 0 atom stereocenters. The van der Waals surface area contributed by atoms with Crippen molar-refractivity contribution in [3.63, 3.8) is 0 Å². The Morgan fingerprint density at radius 3 is 1.18 bits per heavy atom. The standard InChI is InChI=1S/C40H42O4/c1-5-7-25-43-39-35-23-17-32(12-10-30-15-21-34(42-4)22-16-30)28-38(35)40(44-26-8-6-2)36-24-18-31(27-37(36)39)11-9-29-13-19-33(41-3)20-14-29/h9-24,27-28H,5-8,25-26H2,1-4H3. The lowest BCUT2D eigenvalue weighted by Gasteiger charge is -2.19. The van der Waals surface area contributed by atoms with E-state index >= 15 is 0 Å². The summed E-state index contributed by atoms with van der Waals surface area (Å²) in [4.78, 5) is 0. The molecular formula is C40H42O4. The molecule has 226 valence electrons. The number of rotatable bonds is 14. The van der Waals surface area contributed by atoms with Crippen molar-refractivity contribution in [3.8, 4) is 23.0 Å². The van der Waals surface area contributed by atoms with Crippen molar-refractivity contribution >= 4 is 45.8 Å². The number of hydrogen-bond donors (Lipinski definition) is 0. The Labute approximate surface area is 261 Å². The highest BCUT2D eigenvalue weighted by atomic mass is 16.5. The monoisotopic (exact) mass is 586 g/mol. The van der Waals surface area contributed by atoms with Crippen LogP contribution in [0.3, 0.4) is 0 Å². The molecule has 4 nitrogen and oxygen atoms in total. The molecule has 0 unspecified atom stereocenters. The van der Waals surface area contributed by atoms with Gasteiger partial charge in [-0.05, 0) is 83.6 Å². The van der Waals surface area contributed by atoms with Crippen molar-refractivity contribution < 1.29 is 18.9 Å². The topological polar surface area (TPSA) is 36.9 Å². The molecule has 0 aromatic heterocycles. The molecule has 0 saturated carbocycles. The molecule has 0 N–H and O–H groups in total. The van der Waals surface area contributed by atoms with Crippen molar-refractivity contribution in [1.82, 2.24) is 0 Å². The Balaban J connectivity index is 1.60. The number of hydrogen-bond acceptors (Lipinski definition) is 4. The zero-order valence-electron chi connectivity index (χ0n) is 26.3. The molecule has 0 radical (unpaired) electrons. The van der Waals surface area contributed by atoms with Crippen molar-refractivity contribution in [2.24, 2.45) is 0 Å². The van der Waals surface area contributed by atoms with Gasteiger partial charge in [0.1, 0.15) is 23.0 Å². The number of benzene rings is 5. The van der Waals surface area contributed by atoms with Crippen molar-refractivity contribution in [3.05, 3.63) is 107 Å². The number of methoxy groups -OCH3 is 2. The second-order valence-electron chi connectivity index (χ2n) is 10.9. The first-order valence-electron chi connectivity index (χ1n) is 15.6. The summed E-state index contributed by atoms with van der Waals surface area (Å²) < 4.78 is 23.7. The van der Waals surface area contributed by atoms with E-state index in [0.29, 0.717) is 13.2 Å². The molecule has 0 aliphatic rings. The van der Waals surface area contributed by atoms with Crippen LogP contribution in [-0.4, -0.2) is 27.4 Å². The molecule has 0 aliphatic carbocycles. The highest BCUT2D eigenvalue weighted by Crippen LogP contribution is 2.44. The maximum Gasteiger partial charge on any atom is 0.135 e. The van der Waals surface area contributed by atoms with E-state index in [2.05, 4.69) is 98.8 Å². The summed E-state index contributed by atoms with van der Waals surface area (Å²) in [6, 6.07) is 29.3. The van der Waals surface area contributed by atoms with Crippen LogP contribution in [0.4, 0.5) is 0 Å². The number of unbranched alkanes of at least 4 members (excludes halogenated alkanes) is 2. The van der Waals surface area contributed by atoms with Gasteiger partial charge in [0.05, 0.1) is 27.4 Å². The Hall–Kier alpha value is -4.70. The first-order chi connectivity index (χ1) is 21.6. The van der Waals surface area contributed by atoms with E-state index in [4.69, 9.17) is 18.9 Å². The molecule has 0 spiro atoms. The predicted molar refractivity (Wildman–Crippen MR) is 186 cm³/mol. The highest BCUT2D eigenvalue weighted by molar-refractivity contribution is 6.12. The van der Waals surface area contributed by atoms with Gasteiger partial charge in [0.25, 0.3) is 0 Å². The summed E-state index contributed by atoms with van der Waals surface area (Å²) in [6.07, 6.45) is 12.7. The van der Waals surface area contributed by atoms with Crippen LogP contribution < -0.4 is 18.9 Å². The van der Waals surface area contributed by atoms with Gasteiger partial charge in [-0.15, -0.1) is 0 Å². The first kappa shape index (κ1) is 30.7. The molecule has 0 fully saturated rings. The minimum atomic E-state index is 0.668. The second kappa shape index (κ2) is 15.2. The lowest BCUT2D eigenvalue weighted by molar-refractivity contribution is 0.311. The summed E-state index contributed by atoms with van der Waals surface area (Å²) in [5.74, 6) is 3.53. The van der Waals surface area contributed by atoms with Gasteiger partial charge in [-0.2, -0.15) is 0 Å². The molecule has 5 rings (SSSR count). The fraction of sp³-hybridized carbons (Fsp3) is 0.250. The quantitative estimate of drug-likeness (QED) is 0.0737. The summed E-state index contributed by atoms with van der Waals surface area (Å²) in [5.41, 5.74) is 4.43. The van der Waals surface area contributed by atoms with Crippen LogP contribution in [0.1, 0.15) is 61.8 Å². The van der Waals surface area contributed by atoms with Crippen LogP contribution in [0.25, 0.3) is 45.8 Å². The molecule has 44 heavy (non-hydrogen) atoms. The Bertz CT molecular complexity index is 1600. The lowest BCUT2D eigenvalue weighted by Crippen LogP contribution is -2.02. The highest BCUT2D eigenvalue weighted by Gasteiger charge is 2.17. The minimum Gasteiger partial charge on any atom is -0.497 e. The predicted octanol–water partition coefficient (Wildman–Crippen LogP) is 10.7. The summed E-state index contributed by atoms with van der Waals surface area (Å²) >= 11 is 0. The van der Waals surface area contributed by atoms with Crippen LogP contribution in [0.15, 0.2) is 84.9 Å². The van der Waals surface area contributed by atoms with Gasteiger partial charge in [-0.25, -0.2) is 0 Å². The minimum absolute atomic E-state index is 0.668. The van der Waals surface area contributed by atoms with Gasteiger partial charge < -0.3 is 18.9 Å². The van der Waals surface area contributed by atoms with Crippen LogP contribution in [0.5, 0.6) is 23.0 Å². The zero-order chi connectivity index (χ0) is 30.7. The maximum absolute atomic E-state index is 6.56. The summed E-state index contributed by atoms with van der Waals surface area (Å²) in [7, 11) is 3.37. The Kier molecular flexibility index (Phi) is 10.6. The third-order valence-electron chi connectivity index (χ3n) is 7.72. The molecule has 4 heteroatoms. The fourth-order valence-electron chi connectivity index (χ4n) is 5.16. The molecule has 0 saturated heterocycles. The van der Waals surface area contributed by atoms with E-state index in [9.17, 15) is 0 Å². The average Bonchev–Trinajstić information content (AvgIpc) is 3.07. The van der Waals surface area contributed by atoms with Crippen molar-refractivity contribution in [2.75, 3.05) is 27.4 Å². The Morgan fingerprint density at radius 1 is 0.455 bits per heavy atom. The van der Waals surface area contributed by atoms with Crippen LogP contribution in [-0.2, 0) is 0 Å². The summed E-state index contributed by atoms with van der Waals surface area (Å²) in [6.45, 7) is 5.71. The number of ether oxygens (including phenoxy) is 4. The zero-order valence-corrected chi connectivity index (χ0v) is 26.3. The lowest BCUT2D eigenvalue weighted by atomic mass is 9.96. The van der Waals surface area contributed by atoms with Gasteiger partial charge in [-0.3, -0.25) is 0 Å². The molecular weight excluding hydrogens is 544 g/mol. The molecule has 0 amide bonds. The van der Waals surface area contributed by atoms with E-state index < -0.39 is 0 Å². The first-order valence-corrected chi connectivity index (χ1v) is 15.6. The van der Waals surface area contributed by atoms with E-state index in [1.165, 1.54) is 0 Å². The molecule has 5 aromatic rings. The normalized spacial score (nSPS) is 11.5. The van der Waals surface area contributed by atoms with Gasteiger partial charge in [0.15, 0.2) is 0 Å². The molecule has 5 aromatic carbocycles. The van der Waals surface area contributed by atoms with Crippen LogP contribution >= 0.6 is 0 Å². The molecule has 0 aliphatic heterocycles. The second-order valence-corrected chi connectivity index (χ2v) is 10.9. The van der Waals surface area contributed by atoms with E-state index in [1.54, 1.807) is 14.2 Å². The van der Waals surface area contributed by atoms with Gasteiger partial charge in [0.2, 0.25) is 0 Å². The smallest absolute Gasteiger partial charge is 0.135 e.